The third-order valence-corrected chi connectivity index (χ3v) is 5.71. The molecule has 3 aromatic heterocycles. The maximum absolute atomic E-state index is 12.8. The molecule has 1 aliphatic heterocycles. The molecule has 5 rings (SSSR count). The Labute approximate surface area is 165 Å². The third-order valence-electron chi connectivity index (χ3n) is 5.03. The lowest BCUT2D eigenvalue weighted by Gasteiger charge is -2.33. The minimum atomic E-state index is 0.0494. The second-order valence-electron chi connectivity index (χ2n) is 6.86. The molecule has 0 radical (unpaired) electrons. The number of nitrogens with zero attached hydrogens (tertiary/aromatic N) is 4. The highest BCUT2D eigenvalue weighted by atomic mass is 32.1. The molecule has 8 heteroatoms. The molecule has 0 saturated carbocycles. The van der Waals surface area contributed by atoms with E-state index >= 15 is 0 Å². The van der Waals surface area contributed by atoms with E-state index in [4.69, 9.17) is 4.52 Å². The summed E-state index contributed by atoms with van der Waals surface area (Å²) in [4.78, 5) is 24.6. The smallest absolute Gasteiger partial charge is 0.270 e. The van der Waals surface area contributed by atoms with E-state index in [1.807, 2.05) is 52.1 Å². The first-order valence-electron chi connectivity index (χ1n) is 9.21. The summed E-state index contributed by atoms with van der Waals surface area (Å²) in [6, 6.07) is 11.8. The Balaban J connectivity index is 1.20. The van der Waals surface area contributed by atoms with Gasteiger partial charge in [-0.25, -0.2) is 0 Å². The molecule has 4 aromatic rings. The maximum Gasteiger partial charge on any atom is 0.270 e. The van der Waals surface area contributed by atoms with Gasteiger partial charge in [-0.1, -0.05) is 23.4 Å². The monoisotopic (exact) mass is 393 g/mol. The van der Waals surface area contributed by atoms with E-state index in [0.29, 0.717) is 37.0 Å². The Hall–Kier alpha value is -2.97. The molecule has 0 unspecified atom stereocenters. The van der Waals surface area contributed by atoms with E-state index in [-0.39, 0.29) is 5.91 Å². The van der Waals surface area contributed by atoms with Gasteiger partial charge in [-0.15, -0.1) is 0 Å². The Morgan fingerprint density at radius 3 is 2.82 bits per heavy atom. The van der Waals surface area contributed by atoms with Crippen LogP contribution in [-0.4, -0.2) is 57.0 Å². The van der Waals surface area contributed by atoms with Crippen LogP contribution in [0, 0.1) is 0 Å². The molecule has 1 saturated heterocycles. The number of hydrogen-bond acceptors (Lipinski definition) is 6. The minimum Gasteiger partial charge on any atom is -0.351 e. The molecule has 0 spiro atoms. The molecular weight excluding hydrogens is 374 g/mol. The van der Waals surface area contributed by atoms with Crippen LogP contribution in [0.4, 0.5) is 0 Å². The van der Waals surface area contributed by atoms with Crippen LogP contribution in [-0.2, 0) is 6.54 Å². The van der Waals surface area contributed by atoms with Gasteiger partial charge in [-0.2, -0.15) is 16.3 Å². The van der Waals surface area contributed by atoms with E-state index < -0.39 is 0 Å². The number of rotatable bonds is 4. The molecular formula is C20H19N5O2S. The van der Waals surface area contributed by atoms with Gasteiger partial charge >= 0.3 is 0 Å². The normalized spacial score (nSPS) is 15.4. The van der Waals surface area contributed by atoms with Crippen molar-refractivity contribution < 1.29 is 9.32 Å². The average molecular weight is 393 g/mol. The summed E-state index contributed by atoms with van der Waals surface area (Å²) in [5, 5.41) is 9.11. The Morgan fingerprint density at radius 1 is 1.18 bits per heavy atom. The molecule has 1 aliphatic rings. The minimum absolute atomic E-state index is 0.0494. The number of carbonyl (C=O) groups is 1. The van der Waals surface area contributed by atoms with Crippen molar-refractivity contribution in [1.29, 1.82) is 0 Å². The molecule has 142 valence electrons. The molecule has 1 fully saturated rings. The number of H-pyrrole nitrogens is 1. The third kappa shape index (κ3) is 3.32. The summed E-state index contributed by atoms with van der Waals surface area (Å²) in [7, 11) is 0. The second kappa shape index (κ2) is 7.21. The van der Waals surface area contributed by atoms with E-state index in [2.05, 4.69) is 20.0 Å². The first kappa shape index (κ1) is 17.2. The quantitative estimate of drug-likeness (QED) is 0.576. The highest BCUT2D eigenvalue weighted by molar-refractivity contribution is 7.08. The number of aromatic amines is 1. The summed E-state index contributed by atoms with van der Waals surface area (Å²) in [6.07, 6.45) is 0. The first-order chi connectivity index (χ1) is 13.8. The van der Waals surface area contributed by atoms with Crippen LogP contribution in [0.3, 0.4) is 0 Å². The fourth-order valence-corrected chi connectivity index (χ4v) is 4.12. The fraction of sp³-hybridized carbons (Fsp3) is 0.250. The van der Waals surface area contributed by atoms with Crippen LogP contribution in [0.25, 0.3) is 22.3 Å². The van der Waals surface area contributed by atoms with Crippen LogP contribution >= 0.6 is 11.3 Å². The van der Waals surface area contributed by atoms with Gasteiger partial charge in [-0.3, -0.25) is 9.69 Å². The topological polar surface area (TPSA) is 78.3 Å². The van der Waals surface area contributed by atoms with E-state index in [0.717, 1.165) is 29.6 Å². The second-order valence-corrected chi connectivity index (χ2v) is 7.64. The van der Waals surface area contributed by atoms with E-state index in [1.54, 1.807) is 11.3 Å². The van der Waals surface area contributed by atoms with Crippen molar-refractivity contribution in [2.45, 2.75) is 6.54 Å². The molecule has 0 atom stereocenters. The van der Waals surface area contributed by atoms with Gasteiger partial charge in [0.1, 0.15) is 5.69 Å². The number of aromatic nitrogens is 3. The van der Waals surface area contributed by atoms with Crippen molar-refractivity contribution >= 4 is 28.1 Å². The molecule has 7 nitrogen and oxygen atoms in total. The lowest BCUT2D eigenvalue weighted by Crippen LogP contribution is -2.48. The zero-order valence-electron chi connectivity index (χ0n) is 15.2. The predicted molar refractivity (Wildman–Crippen MR) is 107 cm³/mol. The van der Waals surface area contributed by atoms with Crippen LogP contribution < -0.4 is 0 Å². The van der Waals surface area contributed by atoms with Crippen LogP contribution in [0.1, 0.15) is 16.4 Å². The molecule has 0 bridgehead atoms. The standard InChI is InChI=1S/C20H19N5O2S/c26-20(17-11-14-3-1-2-4-16(14)21-17)25-8-6-24(7-9-25)12-18-22-19(23-27-18)15-5-10-28-13-15/h1-5,10-11,13,21H,6-9,12H2. The summed E-state index contributed by atoms with van der Waals surface area (Å²) in [5.74, 6) is 1.29. The van der Waals surface area contributed by atoms with Gasteiger partial charge < -0.3 is 14.4 Å². The Kier molecular flexibility index (Phi) is 4.42. The number of benzene rings is 1. The van der Waals surface area contributed by atoms with Gasteiger partial charge in [-0.05, 0) is 23.6 Å². The molecule has 1 aromatic carbocycles. The SMILES string of the molecule is O=C(c1cc2ccccc2[nH]1)N1CCN(Cc2nc(-c3ccsc3)no2)CC1. The highest BCUT2D eigenvalue weighted by Crippen LogP contribution is 2.20. The maximum atomic E-state index is 12.8. The lowest BCUT2D eigenvalue weighted by atomic mass is 10.2. The van der Waals surface area contributed by atoms with Crippen LogP contribution in [0.15, 0.2) is 51.7 Å². The number of para-hydroxylation sites is 1. The first-order valence-corrected chi connectivity index (χ1v) is 10.1. The van der Waals surface area contributed by atoms with Gasteiger partial charge in [0, 0.05) is 48.0 Å². The highest BCUT2D eigenvalue weighted by Gasteiger charge is 2.24. The van der Waals surface area contributed by atoms with Gasteiger partial charge in [0.15, 0.2) is 0 Å². The molecule has 28 heavy (non-hydrogen) atoms. The van der Waals surface area contributed by atoms with Crippen molar-refractivity contribution in [1.82, 2.24) is 24.9 Å². The molecule has 4 heterocycles. The number of carbonyl (C=O) groups excluding carboxylic acids is 1. The van der Waals surface area contributed by atoms with Crippen molar-refractivity contribution in [3.8, 4) is 11.4 Å². The number of fused-ring (bicyclic) bond motifs is 1. The zero-order valence-corrected chi connectivity index (χ0v) is 16.0. The van der Waals surface area contributed by atoms with Gasteiger partial charge in [0.05, 0.1) is 6.54 Å². The Morgan fingerprint density at radius 2 is 2.04 bits per heavy atom. The number of piperazine rings is 1. The van der Waals surface area contributed by atoms with Gasteiger partial charge in [0.25, 0.3) is 5.91 Å². The van der Waals surface area contributed by atoms with E-state index in [9.17, 15) is 4.79 Å². The summed E-state index contributed by atoms with van der Waals surface area (Å²) >= 11 is 1.61. The largest absolute Gasteiger partial charge is 0.351 e. The summed E-state index contributed by atoms with van der Waals surface area (Å²) < 4.78 is 5.38. The van der Waals surface area contributed by atoms with Crippen molar-refractivity contribution in [3.05, 3.63) is 58.7 Å². The van der Waals surface area contributed by atoms with Crippen LogP contribution in [0.2, 0.25) is 0 Å². The fourth-order valence-electron chi connectivity index (χ4n) is 3.49. The summed E-state index contributed by atoms with van der Waals surface area (Å²) in [5.41, 5.74) is 2.61. The number of hydrogen-bond donors (Lipinski definition) is 1. The van der Waals surface area contributed by atoms with E-state index in [1.165, 1.54) is 0 Å². The van der Waals surface area contributed by atoms with Crippen molar-refractivity contribution in [3.63, 3.8) is 0 Å². The average Bonchev–Trinajstić information content (AvgIpc) is 3.47. The predicted octanol–water partition coefficient (Wildman–Crippen LogP) is 3.24. The molecule has 1 amide bonds. The number of thiophene rings is 1. The molecule has 1 N–H and O–H groups in total. The summed E-state index contributed by atoms with van der Waals surface area (Å²) in [6.45, 7) is 3.52. The van der Waals surface area contributed by atoms with Gasteiger partial charge in [0.2, 0.25) is 11.7 Å². The number of nitrogens with one attached hydrogen (secondary N) is 1. The van der Waals surface area contributed by atoms with Crippen LogP contribution in [0.5, 0.6) is 0 Å². The number of amides is 1. The van der Waals surface area contributed by atoms with Crippen molar-refractivity contribution in [2.75, 3.05) is 26.2 Å². The Bertz CT molecular complexity index is 1060. The molecule has 0 aliphatic carbocycles. The van der Waals surface area contributed by atoms with Crippen molar-refractivity contribution in [2.24, 2.45) is 0 Å². The lowest BCUT2D eigenvalue weighted by molar-refractivity contribution is 0.0610. The zero-order chi connectivity index (χ0) is 18.9.